The number of nitro benzene ring substituents is 1. The molecule has 0 fully saturated rings. The highest BCUT2D eigenvalue weighted by Crippen LogP contribution is 2.33. The van der Waals surface area contributed by atoms with E-state index in [1.807, 2.05) is 18.2 Å². The fourth-order valence-electron chi connectivity index (χ4n) is 1.72. The van der Waals surface area contributed by atoms with Crippen molar-refractivity contribution in [3.8, 4) is 11.5 Å². The number of aromatic nitrogens is 2. The van der Waals surface area contributed by atoms with Gasteiger partial charge in [-0.05, 0) is 57.2 Å². The predicted molar refractivity (Wildman–Crippen MR) is 77.7 cm³/mol. The van der Waals surface area contributed by atoms with Crippen molar-refractivity contribution in [2.75, 3.05) is 0 Å². The standard InChI is InChI=1S/C12H6IN3O4/c13-7-2-1-3-8(6-7)19-10-5-4-9(16(17)18)11-12(10)15-20-14-11/h1-6H. The fourth-order valence-corrected chi connectivity index (χ4v) is 2.23. The zero-order valence-corrected chi connectivity index (χ0v) is 12.0. The summed E-state index contributed by atoms with van der Waals surface area (Å²) in [5.74, 6) is 0.962. The predicted octanol–water partition coefficient (Wildman–Crippen LogP) is 3.53. The lowest BCUT2D eigenvalue weighted by Gasteiger charge is -2.05. The topological polar surface area (TPSA) is 91.3 Å². The molecule has 0 spiro atoms. The van der Waals surface area contributed by atoms with Gasteiger partial charge in [0.1, 0.15) is 5.75 Å². The van der Waals surface area contributed by atoms with E-state index in [0.717, 1.165) is 3.57 Å². The highest BCUT2D eigenvalue weighted by atomic mass is 127. The van der Waals surface area contributed by atoms with Gasteiger partial charge in [-0.25, -0.2) is 4.63 Å². The first-order valence-electron chi connectivity index (χ1n) is 5.48. The van der Waals surface area contributed by atoms with E-state index in [4.69, 9.17) is 4.74 Å². The highest BCUT2D eigenvalue weighted by Gasteiger charge is 2.20. The van der Waals surface area contributed by atoms with Crippen molar-refractivity contribution < 1.29 is 14.3 Å². The lowest BCUT2D eigenvalue weighted by molar-refractivity contribution is -0.383. The Morgan fingerprint density at radius 3 is 2.75 bits per heavy atom. The van der Waals surface area contributed by atoms with Crippen LogP contribution < -0.4 is 4.74 Å². The maximum absolute atomic E-state index is 10.9. The molecule has 1 heterocycles. The molecular weight excluding hydrogens is 377 g/mol. The number of hydrogen-bond donors (Lipinski definition) is 0. The smallest absolute Gasteiger partial charge is 0.301 e. The Balaban J connectivity index is 2.07. The van der Waals surface area contributed by atoms with Crippen LogP contribution in [-0.2, 0) is 0 Å². The van der Waals surface area contributed by atoms with Crippen molar-refractivity contribution in [2.24, 2.45) is 0 Å². The van der Waals surface area contributed by atoms with Gasteiger partial charge in [-0.3, -0.25) is 10.1 Å². The zero-order chi connectivity index (χ0) is 14.1. The molecule has 0 aliphatic carbocycles. The summed E-state index contributed by atoms with van der Waals surface area (Å²) >= 11 is 2.16. The Labute approximate surface area is 125 Å². The number of ether oxygens (including phenoxy) is 1. The molecule has 0 amide bonds. The van der Waals surface area contributed by atoms with Crippen molar-refractivity contribution in [2.45, 2.75) is 0 Å². The molecule has 0 saturated heterocycles. The van der Waals surface area contributed by atoms with Gasteiger partial charge < -0.3 is 4.74 Å². The number of benzene rings is 2. The van der Waals surface area contributed by atoms with Crippen molar-refractivity contribution in [1.82, 2.24) is 10.3 Å². The van der Waals surface area contributed by atoms with E-state index in [1.54, 1.807) is 6.07 Å². The molecule has 0 aliphatic rings. The zero-order valence-electron chi connectivity index (χ0n) is 9.82. The number of hydrogen-bond acceptors (Lipinski definition) is 6. The van der Waals surface area contributed by atoms with Gasteiger partial charge in [0.25, 0.3) is 0 Å². The first-order chi connectivity index (χ1) is 9.65. The molecule has 0 unspecified atom stereocenters. The Hall–Kier alpha value is -2.23. The molecule has 0 aliphatic heterocycles. The molecule has 0 atom stereocenters. The Kier molecular flexibility index (Phi) is 3.22. The van der Waals surface area contributed by atoms with Crippen LogP contribution in [-0.4, -0.2) is 15.2 Å². The molecule has 3 aromatic rings. The lowest BCUT2D eigenvalue weighted by Crippen LogP contribution is -1.92. The number of non-ortho nitro benzene ring substituents is 1. The monoisotopic (exact) mass is 383 g/mol. The second-order valence-electron chi connectivity index (χ2n) is 3.86. The number of rotatable bonds is 3. The van der Waals surface area contributed by atoms with Crippen LogP contribution in [0.4, 0.5) is 5.69 Å². The van der Waals surface area contributed by atoms with Crippen LogP contribution >= 0.6 is 22.6 Å². The summed E-state index contributed by atoms with van der Waals surface area (Å²) in [6.07, 6.45) is 0. The van der Waals surface area contributed by atoms with Crippen LogP contribution in [0.3, 0.4) is 0 Å². The van der Waals surface area contributed by atoms with E-state index >= 15 is 0 Å². The third kappa shape index (κ3) is 2.29. The van der Waals surface area contributed by atoms with Crippen LogP contribution in [0.2, 0.25) is 0 Å². The van der Waals surface area contributed by atoms with Gasteiger partial charge in [0.15, 0.2) is 11.3 Å². The Bertz CT molecular complexity index is 802. The quantitative estimate of drug-likeness (QED) is 0.391. The summed E-state index contributed by atoms with van der Waals surface area (Å²) in [6.45, 7) is 0. The van der Waals surface area contributed by atoms with Crippen LogP contribution in [0.5, 0.6) is 11.5 Å². The summed E-state index contributed by atoms with van der Waals surface area (Å²) in [6, 6.07) is 10.2. The van der Waals surface area contributed by atoms with Crippen molar-refractivity contribution in [1.29, 1.82) is 0 Å². The average Bonchev–Trinajstić information content (AvgIpc) is 2.88. The van der Waals surface area contributed by atoms with E-state index in [9.17, 15) is 10.1 Å². The maximum Gasteiger partial charge on any atom is 0.301 e. The molecule has 0 bridgehead atoms. The molecule has 0 N–H and O–H groups in total. The fraction of sp³-hybridized carbons (Fsp3) is 0. The minimum Gasteiger partial charge on any atom is -0.455 e. The first kappa shape index (κ1) is 12.8. The molecule has 3 rings (SSSR count). The van der Waals surface area contributed by atoms with E-state index in [-0.39, 0.29) is 16.7 Å². The summed E-state index contributed by atoms with van der Waals surface area (Å²) in [5.41, 5.74) is 0.118. The molecule has 7 nitrogen and oxygen atoms in total. The van der Waals surface area contributed by atoms with Crippen LogP contribution in [0.1, 0.15) is 0 Å². The van der Waals surface area contributed by atoms with Crippen molar-refractivity contribution in [3.63, 3.8) is 0 Å². The van der Waals surface area contributed by atoms with Crippen LogP contribution in [0.25, 0.3) is 11.0 Å². The van der Waals surface area contributed by atoms with Gasteiger partial charge in [0, 0.05) is 9.64 Å². The summed E-state index contributed by atoms with van der Waals surface area (Å²) in [5, 5.41) is 18.1. The minimum atomic E-state index is -0.540. The van der Waals surface area contributed by atoms with Gasteiger partial charge in [0.2, 0.25) is 5.52 Å². The largest absolute Gasteiger partial charge is 0.455 e. The van der Waals surface area contributed by atoms with Gasteiger partial charge >= 0.3 is 5.69 Å². The van der Waals surface area contributed by atoms with E-state index in [0.29, 0.717) is 11.5 Å². The average molecular weight is 383 g/mol. The molecule has 1 aromatic heterocycles. The second-order valence-corrected chi connectivity index (χ2v) is 5.11. The van der Waals surface area contributed by atoms with Gasteiger partial charge in [-0.1, -0.05) is 6.07 Å². The summed E-state index contributed by atoms with van der Waals surface area (Å²) < 4.78 is 11.3. The van der Waals surface area contributed by atoms with Crippen LogP contribution in [0, 0.1) is 13.7 Å². The molecule has 20 heavy (non-hydrogen) atoms. The normalized spacial score (nSPS) is 10.7. The number of nitrogens with zero attached hydrogens (tertiary/aromatic N) is 3. The first-order valence-corrected chi connectivity index (χ1v) is 6.56. The minimum absolute atomic E-state index is 0.0677. The maximum atomic E-state index is 10.9. The number of nitro groups is 1. The molecule has 0 radical (unpaired) electrons. The SMILES string of the molecule is O=[N+]([O-])c1ccc(Oc2cccc(I)c2)c2nonc12. The number of fused-ring (bicyclic) bond motifs is 1. The van der Waals surface area contributed by atoms with E-state index in [2.05, 4.69) is 37.5 Å². The van der Waals surface area contributed by atoms with Crippen molar-refractivity contribution >= 4 is 39.3 Å². The molecule has 100 valence electrons. The molecular formula is C12H6IN3O4. The Morgan fingerprint density at radius 2 is 2.00 bits per heavy atom. The second kappa shape index (κ2) is 5.04. The van der Waals surface area contributed by atoms with Gasteiger partial charge in [0.05, 0.1) is 4.92 Å². The van der Waals surface area contributed by atoms with Crippen LogP contribution in [0.15, 0.2) is 41.0 Å². The summed E-state index contributed by atoms with van der Waals surface area (Å²) in [7, 11) is 0. The van der Waals surface area contributed by atoms with E-state index < -0.39 is 4.92 Å². The number of halogens is 1. The third-order valence-electron chi connectivity index (χ3n) is 2.58. The lowest BCUT2D eigenvalue weighted by atomic mass is 10.2. The Morgan fingerprint density at radius 1 is 1.20 bits per heavy atom. The molecule has 8 heteroatoms. The summed E-state index contributed by atoms with van der Waals surface area (Å²) in [4.78, 5) is 10.3. The third-order valence-corrected chi connectivity index (χ3v) is 3.25. The molecule has 2 aromatic carbocycles. The van der Waals surface area contributed by atoms with Crippen molar-refractivity contribution in [3.05, 3.63) is 50.1 Å². The van der Waals surface area contributed by atoms with Gasteiger partial charge in [-0.15, -0.1) is 0 Å². The van der Waals surface area contributed by atoms with Gasteiger partial charge in [-0.2, -0.15) is 0 Å². The highest BCUT2D eigenvalue weighted by molar-refractivity contribution is 14.1. The van der Waals surface area contributed by atoms with E-state index in [1.165, 1.54) is 12.1 Å². The molecule has 0 saturated carbocycles.